The fourth-order valence-electron chi connectivity index (χ4n) is 2.20. The summed E-state index contributed by atoms with van der Waals surface area (Å²) in [5.41, 5.74) is 0. The largest absolute Gasteiger partial charge is 0.402 e. The highest BCUT2D eigenvalue weighted by molar-refractivity contribution is 7.89. The van der Waals surface area contributed by atoms with Crippen molar-refractivity contribution in [3.8, 4) is 0 Å². The van der Waals surface area contributed by atoms with Crippen LogP contribution in [0.15, 0.2) is 0 Å². The first kappa shape index (κ1) is 16.7. The Bertz CT molecular complexity index is 376. The number of piperidine rings is 1. The first-order valence-electron chi connectivity index (χ1n) is 6.41. The maximum absolute atomic E-state index is 12.5. The van der Waals surface area contributed by atoms with Crippen LogP contribution in [0, 0.1) is 0 Å². The SMILES string of the molecule is CC(C)N(CC(F)(F)F)S(=O)(=O)CC1CCCCN1. The molecule has 1 N–H and O–H groups in total. The van der Waals surface area contributed by atoms with Gasteiger partial charge >= 0.3 is 6.18 Å². The molecular formula is C11H21F3N2O2S. The smallest absolute Gasteiger partial charge is 0.313 e. The first-order chi connectivity index (χ1) is 8.62. The minimum Gasteiger partial charge on any atom is -0.313 e. The summed E-state index contributed by atoms with van der Waals surface area (Å²) in [4.78, 5) is 0. The van der Waals surface area contributed by atoms with Gasteiger partial charge in [-0.1, -0.05) is 6.42 Å². The second-order valence-corrected chi connectivity index (χ2v) is 7.15. The number of alkyl halides is 3. The molecule has 0 aromatic rings. The average Bonchev–Trinajstić information content (AvgIpc) is 2.25. The van der Waals surface area contributed by atoms with Crippen molar-refractivity contribution in [2.24, 2.45) is 0 Å². The molecule has 0 bridgehead atoms. The Morgan fingerprint density at radius 2 is 1.95 bits per heavy atom. The van der Waals surface area contributed by atoms with E-state index in [4.69, 9.17) is 0 Å². The lowest BCUT2D eigenvalue weighted by atomic mass is 10.1. The molecule has 1 aliphatic rings. The van der Waals surface area contributed by atoms with Gasteiger partial charge in [0, 0.05) is 12.1 Å². The summed E-state index contributed by atoms with van der Waals surface area (Å²) < 4.78 is 62.1. The van der Waals surface area contributed by atoms with Gasteiger partial charge in [0.05, 0.1) is 5.75 Å². The molecule has 8 heteroatoms. The molecule has 1 unspecified atom stereocenters. The van der Waals surface area contributed by atoms with E-state index in [9.17, 15) is 21.6 Å². The summed E-state index contributed by atoms with van der Waals surface area (Å²) in [6, 6.07) is -0.941. The molecule has 1 heterocycles. The Morgan fingerprint density at radius 1 is 1.32 bits per heavy atom. The molecule has 1 atom stereocenters. The number of rotatable bonds is 5. The second kappa shape index (κ2) is 6.41. The van der Waals surface area contributed by atoms with Crippen LogP contribution in [0.4, 0.5) is 13.2 Å². The molecule has 1 saturated heterocycles. The summed E-state index contributed by atoms with van der Waals surface area (Å²) in [6.07, 6.45) is -1.93. The summed E-state index contributed by atoms with van der Waals surface area (Å²) >= 11 is 0. The third kappa shape index (κ3) is 5.66. The molecule has 19 heavy (non-hydrogen) atoms. The van der Waals surface area contributed by atoms with Gasteiger partial charge in [0.1, 0.15) is 6.54 Å². The Labute approximate surface area is 112 Å². The number of hydrogen-bond acceptors (Lipinski definition) is 3. The van der Waals surface area contributed by atoms with Crippen molar-refractivity contribution < 1.29 is 21.6 Å². The van der Waals surface area contributed by atoms with Gasteiger partial charge in [0.25, 0.3) is 0 Å². The van der Waals surface area contributed by atoms with E-state index in [0.29, 0.717) is 10.7 Å². The van der Waals surface area contributed by atoms with Crippen LogP contribution in [0.25, 0.3) is 0 Å². The lowest BCUT2D eigenvalue weighted by molar-refractivity contribution is -0.138. The zero-order valence-electron chi connectivity index (χ0n) is 11.2. The molecule has 0 radical (unpaired) electrons. The Kier molecular flexibility index (Phi) is 5.64. The van der Waals surface area contributed by atoms with E-state index in [1.54, 1.807) is 0 Å². The van der Waals surface area contributed by atoms with Gasteiger partial charge in [-0.3, -0.25) is 0 Å². The van der Waals surface area contributed by atoms with Crippen LogP contribution in [0.3, 0.4) is 0 Å². The third-order valence-corrected chi connectivity index (χ3v) is 5.18. The zero-order chi connectivity index (χ0) is 14.7. The van der Waals surface area contributed by atoms with E-state index in [1.165, 1.54) is 13.8 Å². The molecule has 4 nitrogen and oxygen atoms in total. The molecule has 0 saturated carbocycles. The average molecular weight is 302 g/mol. The molecular weight excluding hydrogens is 281 g/mol. The van der Waals surface area contributed by atoms with Crippen LogP contribution in [-0.2, 0) is 10.0 Å². The van der Waals surface area contributed by atoms with Crippen molar-refractivity contribution in [1.82, 2.24) is 9.62 Å². The first-order valence-corrected chi connectivity index (χ1v) is 8.02. The highest BCUT2D eigenvalue weighted by atomic mass is 32.2. The zero-order valence-corrected chi connectivity index (χ0v) is 12.0. The van der Waals surface area contributed by atoms with Crippen LogP contribution in [0.2, 0.25) is 0 Å². The van der Waals surface area contributed by atoms with Gasteiger partial charge in [-0.15, -0.1) is 0 Å². The lowest BCUT2D eigenvalue weighted by Crippen LogP contribution is -2.49. The van der Waals surface area contributed by atoms with Crippen molar-refractivity contribution in [2.75, 3.05) is 18.8 Å². The van der Waals surface area contributed by atoms with Crippen molar-refractivity contribution in [3.63, 3.8) is 0 Å². The van der Waals surface area contributed by atoms with Crippen molar-refractivity contribution in [1.29, 1.82) is 0 Å². The van der Waals surface area contributed by atoms with Crippen LogP contribution < -0.4 is 5.32 Å². The molecule has 1 rings (SSSR count). The normalized spacial score (nSPS) is 22.2. The van der Waals surface area contributed by atoms with E-state index >= 15 is 0 Å². The molecule has 0 aromatic carbocycles. The summed E-state index contributed by atoms with van der Waals surface area (Å²) in [6.45, 7) is 2.22. The maximum Gasteiger partial charge on any atom is 0.402 e. The maximum atomic E-state index is 12.5. The Balaban J connectivity index is 2.75. The molecule has 114 valence electrons. The monoisotopic (exact) mass is 302 g/mol. The van der Waals surface area contributed by atoms with Gasteiger partial charge in [0.15, 0.2) is 0 Å². The van der Waals surface area contributed by atoms with E-state index in [0.717, 1.165) is 19.4 Å². The van der Waals surface area contributed by atoms with Crippen molar-refractivity contribution in [3.05, 3.63) is 0 Å². The van der Waals surface area contributed by atoms with E-state index < -0.39 is 28.8 Å². The number of hydrogen-bond donors (Lipinski definition) is 1. The molecule has 0 aromatic heterocycles. The molecule has 0 amide bonds. The lowest BCUT2D eigenvalue weighted by Gasteiger charge is -2.30. The molecule has 1 aliphatic heterocycles. The number of sulfonamides is 1. The van der Waals surface area contributed by atoms with Crippen molar-refractivity contribution >= 4 is 10.0 Å². The third-order valence-electron chi connectivity index (χ3n) is 3.09. The van der Waals surface area contributed by atoms with Crippen LogP contribution >= 0.6 is 0 Å². The predicted octanol–water partition coefficient (Wildman–Crippen LogP) is 1.73. The van der Waals surface area contributed by atoms with Gasteiger partial charge < -0.3 is 5.32 Å². The second-order valence-electron chi connectivity index (χ2n) is 5.18. The topological polar surface area (TPSA) is 49.4 Å². The van der Waals surface area contributed by atoms with E-state index in [2.05, 4.69) is 5.32 Å². The van der Waals surface area contributed by atoms with Gasteiger partial charge in [0.2, 0.25) is 10.0 Å². The number of nitrogens with zero attached hydrogens (tertiary/aromatic N) is 1. The van der Waals surface area contributed by atoms with Crippen LogP contribution in [0.1, 0.15) is 33.1 Å². The van der Waals surface area contributed by atoms with Crippen molar-refractivity contribution in [2.45, 2.75) is 51.4 Å². The summed E-state index contributed by atoms with van der Waals surface area (Å²) in [5, 5.41) is 3.04. The van der Waals surface area contributed by atoms with Crippen LogP contribution in [-0.4, -0.2) is 49.8 Å². The Hall–Kier alpha value is -0.340. The minimum absolute atomic E-state index is 0.242. The number of nitrogens with one attached hydrogen (secondary N) is 1. The number of halogens is 3. The summed E-state index contributed by atoms with van der Waals surface area (Å²) in [7, 11) is -3.90. The molecule has 1 fully saturated rings. The predicted molar refractivity (Wildman–Crippen MR) is 67.3 cm³/mol. The Morgan fingerprint density at radius 3 is 2.37 bits per heavy atom. The van der Waals surface area contributed by atoms with Gasteiger partial charge in [-0.05, 0) is 33.2 Å². The molecule has 0 spiro atoms. The van der Waals surface area contributed by atoms with Gasteiger partial charge in [-0.25, -0.2) is 8.42 Å². The van der Waals surface area contributed by atoms with E-state index in [-0.39, 0.29) is 11.8 Å². The fraction of sp³-hybridized carbons (Fsp3) is 1.00. The standard InChI is InChI=1S/C11H21F3N2O2S/c1-9(2)16(8-11(12,13)14)19(17,18)7-10-5-3-4-6-15-10/h9-10,15H,3-8H2,1-2H3. The fourth-order valence-corrected chi connectivity index (χ4v) is 4.17. The summed E-state index contributed by atoms with van der Waals surface area (Å²) in [5.74, 6) is -0.263. The van der Waals surface area contributed by atoms with Crippen LogP contribution in [0.5, 0.6) is 0 Å². The van der Waals surface area contributed by atoms with Gasteiger partial charge in [-0.2, -0.15) is 17.5 Å². The minimum atomic E-state index is -4.52. The highest BCUT2D eigenvalue weighted by Crippen LogP contribution is 2.22. The highest BCUT2D eigenvalue weighted by Gasteiger charge is 2.38. The van der Waals surface area contributed by atoms with E-state index in [1.807, 2.05) is 0 Å². The quantitative estimate of drug-likeness (QED) is 0.841. The molecule has 0 aliphatic carbocycles.